The number of hydrogen-bond acceptors (Lipinski definition) is 2. The molecule has 0 saturated carbocycles. The van der Waals surface area contributed by atoms with Crippen LogP contribution in [0.4, 0.5) is 4.39 Å². The molecule has 19 heavy (non-hydrogen) atoms. The van der Waals surface area contributed by atoms with Gasteiger partial charge in [0.25, 0.3) is 0 Å². The van der Waals surface area contributed by atoms with Gasteiger partial charge in [-0.05, 0) is 58.5 Å². The average molecular weight is 363 g/mol. The van der Waals surface area contributed by atoms with Gasteiger partial charge < -0.3 is 5.32 Å². The molecular formula is C14H14BrClFNS. The normalized spacial score (nSPS) is 12.7. The number of nitrogens with one attached hydrogen (secondary N) is 1. The van der Waals surface area contributed by atoms with Gasteiger partial charge in [0, 0.05) is 14.9 Å². The third-order valence-electron chi connectivity index (χ3n) is 2.92. The lowest BCUT2D eigenvalue weighted by Gasteiger charge is -2.19. The van der Waals surface area contributed by atoms with Gasteiger partial charge in [0.05, 0.1) is 11.1 Å². The van der Waals surface area contributed by atoms with Gasteiger partial charge in [0.1, 0.15) is 5.82 Å². The predicted octanol–water partition coefficient (Wildman–Crippen LogP) is 5.31. The summed E-state index contributed by atoms with van der Waals surface area (Å²) in [5, 5.41) is 5.87. The first-order valence-corrected chi connectivity index (χ1v) is 8.01. The third-order valence-corrected chi connectivity index (χ3v) is 5.20. The van der Waals surface area contributed by atoms with Gasteiger partial charge in [-0.3, -0.25) is 0 Å². The molecule has 0 aliphatic rings. The van der Waals surface area contributed by atoms with Crippen molar-refractivity contribution in [2.75, 3.05) is 6.54 Å². The summed E-state index contributed by atoms with van der Waals surface area (Å²) in [6.07, 6.45) is 0. The molecule has 0 aliphatic heterocycles. The fraction of sp³-hybridized carbons (Fsp3) is 0.286. The largest absolute Gasteiger partial charge is 0.306 e. The molecule has 1 unspecified atom stereocenters. The Morgan fingerprint density at radius 2 is 2.21 bits per heavy atom. The van der Waals surface area contributed by atoms with Crippen LogP contribution in [0.2, 0.25) is 5.02 Å². The molecule has 1 atom stereocenters. The lowest BCUT2D eigenvalue weighted by atomic mass is 10.0. The van der Waals surface area contributed by atoms with Crippen molar-refractivity contribution >= 4 is 38.9 Å². The van der Waals surface area contributed by atoms with Gasteiger partial charge in [-0.2, -0.15) is 0 Å². The first-order chi connectivity index (χ1) is 9.04. The second-order valence-electron chi connectivity index (χ2n) is 4.25. The minimum atomic E-state index is -0.255. The van der Waals surface area contributed by atoms with E-state index >= 15 is 0 Å². The molecule has 0 fully saturated rings. The Bertz CT molecular complexity index is 585. The molecule has 0 saturated heterocycles. The molecule has 102 valence electrons. The van der Waals surface area contributed by atoms with Crippen LogP contribution in [-0.2, 0) is 0 Å². The van der Waals surface area contributed by atoms with Gasteiger partial charge in [-0.1, -0.05) is 18.5 Å². The summed E-state index contributed by atoms with van der Waals surface area (Å²) >= 11 is 11.0. The van der Waals surface area contributed by atoms with E-state index in [1.165, 1.54) is 6.07 Å². The van der Waals surface area contributed by atoms with Crippen LogP contribution in [0.15, 0.2) is 28.1 Å². The maximum Gasteiger partial charge on any atom is 0.129 e. The van der Waals surface area contributed by atoms with Crippen LogP contribution >= 0.6 is 38.9 Å². The molecule has 1 nitrogen and oxygen atoms in total. The summed E-state index contributed by atoms with van der Waals surface area (Å²) in [6.45, 7) is 4.80. The summed E-state index contributed by atoms with van der Waals surface area (Å²) in [6, 6.07) is 5.00. The van der Waals surface area contributed by atoms with Crippen molar-refractivity contribution in [3.63, 3.8) is 0 Å². The van der Waals surface area contributed by atoms with Crippen molar-refractivity contribution in [2.24, 2.45) is 0 Å². The topological polar surface area (TPSA) is 12.0 Å². The van der Waals surface area contributed by atoms with Crippen LogP contribution in [-0.4, -0.2) is 6.54 Å². The highest BCUT2D eigenvalue weighted by molar-refractivity contribution is 9.10. The number of benzene rings is 1. The Labute approximate surface area is 129 Å². The maximum absolute atomic E-state index is 14.2. The van der Waals surface area contributed by atoms with Crippen molar-refractivity contribution in [3.8, 4) is 0 Å². The molecular weight excluding hydrogens is 349 g/mol. The van der Waals surface area contributed by atoms with E-state index in [1.54, 1.807) is 17.4 Å². The molecule has 1 aromatic heterocycles. The number of halogens is 3. The van der Waals surface area contributed by atoms with Crippen LogP contribution in [0, 0.1) is 12.7 Å². The molecule has 0 aliphatic carbocycles. The second kappa shape index (κ2) is 6.35. The zero-order valence-electron chi connectivity index (χ0n) is 10.6. The van der Waals surface area contributed by atoms with Gasteiger partial charge in [-0.25, -0.2) is 4.39 Å². The smallest absolute Gasteiger partial charge is 0.129 e. The van der Waals surface area contributed by atoms with E-state index in [2.05, 4.69) is 21.2 Å². The molecule has 1 heterocycles. The molecule has 0 amide bonds. The van der Waals surface area contributed by atoms with Crippen molar-refractivity contribution in [2.45, 2.75) is 19.9 Å². The molecule has 1 N–H and O–H groups in total. The highest BCUT2D eigenvalue weighted by Crippen LogP contribution is 2.34. The SMILES string of the molecule is CCNC(c1cc(Cl)c(Br)cc1F)c1sccc1C. The minimum Gasteiger partial charge on any atom is -0.306 e. The molecule has 2 rings (SSSR count). The lowest BCUT2D eigenvalue weighted by Crippen LogP contribution is -2.22. The second-order valence-corrected chi connectivity index (χ2v) is 6.46. The number of thiophene rings is 1. The van der Waals surface area contributed by atoms with E-state index in [-0.39, 0.29) is 11.9 Å². The summed E-state index contributed by atoms with van der Waals surface area (Å²) < 4.78 is 14.8. The Balaban J connectivity index is 2.51. The maximum atomic E-state index is 14.2. The predicted molar refractivity (Wildman–Crippen MR) is 83.7 cm³/mol. The van der Waals surface area contributed by atoms with E-state index in [9.17, 15) is 4.39 Å². The Hall–Kier alpha value is -0.420. The quantitative estimate of drug-likeness (QED) is 0.727. The van der Waals surface area contributed by atoms with E-state index in [1.807, 2.05) is 25.3 Å². The van der Waals surface area contributed by atoms with Crippen molar-refractivity contribution in [3.05, 3.63) is 54.9 Å². The lowest BCUT2D eigenvalue weighted by molar-refractivity contribution is 0.561. The first kappa shape index (κ1) is 15.0. The molecule has 0 spiro atoms. The summed E-state index contributed by atoms with van der Waals surface area (Å²) in [4.78, 5) is 1.12. The van der Waals surface area contributed by atoms with Crippen molar-refractivity contribution < 1.29 is 4.39 Å². The first-order valence-electron chi connectivity index (χ1n) is 5.96. The monoisotopic (exact) mass is 361 g/mol. The van der Waals surface area contributed by atoms with Gasteiger partial charge in [0.2, 0.25) is 0 Å². The van der Waals surface area contributed by atoms with Gasteiger partial charge in [-0.15, -0.1) is 11.3 Å². The van der Waals surface area contributed by atoms with Crippen molar-refractivity contribution in [1.29, 1.82) is 0 Å². The number of hydrogen-bond donors (Lipinski definition) is 1. The minimum absolute atomic E-state index is 0.157. The van der Waals surface area contributed by atoms with E-state index < -0.39 is 0 Å². The van der Waals surface area contributed by atoms with Crippen LogP contribution in [0.5, 0.6) is 0 Å². The fourth-order valence-corrected chi connectivity index (χ4v) is 3.49. The zero-order chi connectivity index (χ0) is 14.0. The molecule has 1 aromatic carbocycles. The van der Waals surface area contributed by atoms with Crippen LogP contribution < -0.4 is 5.32 Å². The Morgan fingerprint density at radius 1 is 1.47 bits per heavy atom. The van der Waals surface area contributed by atoms with Gasteiger partial charge >= 0.3 is 0 Å². The summed E-state index contributed by atoms with van der Waals surface area (Å²) in [5.41, 5.74) is 1.75. The highest BCUT2D eigenvalue weighted by Gasteiger charge is 2.21. The Morgan fingerprint density at radius 3 is 2.79 bits per heavy atom. The fourth-order valence-electron chi connectivity index (χ4n) is 1.99. The van der Waals surface area contributed by atoms with Crippen LogP contribution in [0.3, 0.4) is 0 Å². The Kier molecular flexibility index (Phi) is 5.01. The summed E-state index contributed by atoms with van der Waals surface area (Å²) in [7, 11) is 0. The third kappa shape index (κ3) is 3.19. The van der Waals surface area contributed by atoms with E-state index in [4.69, 9.17) is 11.6 Å². The average Bonchev–Trinajstić information content (AvgIpc) is 2.77. The van der Waals surface area contributed by atoms with E-state index in [0.29, 0.717) is 15.1 Å². The molecule has 5 heteroatoms. The highest BCUT2D eigenvalue weighted by atomic mass is 79.9. The molecule has 2 aromatic rings. The van der Waals surface area contributed by atoms with Crippen molar-refractivity contribution in [1.82, 2.24) is 5.32 Å². The summed E-state index contributed by atoms with van der Waals surface area (Å²) in [5.74, 6) is -0.255. The van der Waals surface area contributed by atoms with Crippen LogP contribution in [0.1, 0.15) is 29.0 Å². The van der Waals surface area contributed by atoms with Crippen LogP contribution in [0.25, 0.3) is 0 Å². The van der Waals surface area contributed by atoms with E-state index in [0.717, 1.165) is 17.0 Å². The number of aryl methyl sites for hydroxylation is 1. The molecule has 0 bridgehead atoms. The molecule has 0 radical (unpaired) electrons. The van der Waals surface area contributed by atoms with Gasteiger partial charge in [0.15, 0.2) is 0 Å². The number of rotatable bonds is 4. The zero-order valence-corrected chi connectivity index (χ0v) is 13.8. The standard InChI is InChI=1S/C14H14BrClFNS/c1-3-18-13(14-8(2)4-5-19-14)9-6-11(16)10(15)7-12(9)17/h4-7,13,18H,3H2,1-2H3.